The summed E-state index contributed by atoms with van der Waals surface area (Å²) < 4.78 is 13.7. The molecule has 0 atom stereocenters. The molecule has 0 bridgehead atoms. The molecule has 0 fully saturated rings. The number of pyridine rings is 1. The lowest BCUT2D eigenvalue weighted by atomic mass is 10.2. The van der Waals surface area contributed by atoms with Crippen molar-refractivity contribution in [2.75, 3.05) is 5.32 Å². The van der Waals surface area contributed by atoms with Crippen molar-refractivity contribution in [2.45, 2.75) is 0 Å². The van der Waals surface area contributed by atoms with E-state index in [4.69, 9.17) is 0 Å². The maximum Gasteiger partial charge on any atom is 0.274 e. The van der Waals surface area contributed by atoms with Gasteiger partial charge in [-0.15, -0.1) is 0 Å². The first-order chi connectivity index (χ1) is 9.45. The second-order valence-corrected chi connectivity index (χ2v) is 4.57. The molecule has 102 valence electrons. The number of nitrogens with zero attached hydrogens (tertiary/aromatic N) is 2. The van der Waals surface area contributed by atoms with Gasteiger partial charge in [-0.25, -0.2) is 9.37 Å². The Hall–Kier alpha value is -2.35. The number of hydrogen-bond donors (Lipinski definition) is 1. The van der Waals surface area contributed by atoms with Gasteiger partial charge in [-0.2, -0.15) is 0 Å². The van der Waals surface area contributed by atoms with Crippen LogP contribution in [0.1, 0.15) is 10.5 Å². The van der Waals surface area contributed by atoms with Gasteiger partial charge in [0.1, 0.15) is 16.1 Å². The van der Waals surface area contributed by atoms with Crippen LogP contribution in [-0.4, -0.2) is 15.8 Å². The number of nitro benzene ring substituents is 1. The molecule has 1 aromatic heterocycles. The van der Waals surface area contributed by atoms with E-state index in [-0.39, 0.29) is 11.4 Å². The lowest BCUT2D eigenvalue weighted by molar-refractivity contribution is -0.385. The van der Waals surface area contributed by atoms with E-state index in [1.54, 1.807) is 12.1 Å². The van der Waals surface area contributed by atoms with E-state index in [0.29, 0.717) is 4.60 Å². The molecule has 0 saturated heterocycles. The SMILES string of the molecule is O=C(Nc1cc(F)cc([N+](=O)[O-])c1)c1cccc(Br)n1. The van der Waals surface area contributed by atoms with Crippen LogP contribution in [0, 0.1) is 15.9 Å². The molecule has 20 heavy (non-hydrogen) atoms. The summed E-state index contributed by atoms with van der Waals surface area (Å²) in [6.45, 7) is 0. The topological polar surface area (TPSA) is 85.1 Å². The van der Waals surface area contributed by atoms with Crippen LogP contribution >= 0.6 is 15.9 Å². The highest BCUT2D eigenvalue weighted by Crippen LogP contribution is 2.20. The zero-order valence-electron chi connectivity index (χ0n) is 9.84. The summed E-state index contributed by atoms with van der Waals surface area (Å²) in [5.41, 5.74) is -0.350. The second kappa shape index (κ2) is 5.74. The normalized spacial score (nSPS) is 10.1. The van der Waals surface area contributed by atoms with Gasteiger partial charge in [0, 0.05) is 6.07 Å². The highest BCUT2D eigenvalue weighted by atomic mass is 79.9. The Bertz CT molecular complexity index is 693. The molecule has 0 aliphatic carbocycles. The predicted octanol–water partition coefficient (Wildman–Crippen LogP) is 3.14. The number of aromatic nitrogens is 1. The summed E-state index contributed by atoms with van der Waals surface area (Å²) >= 11 is 3.12. The smallest absolute Gasteiger partial charge is 0.274 e. The molecule has 0 radical (unpaired) electrons. The summed E-state index contributed by atoms with van der Waals surface area (Å²) in [4.78, 5) is 25.7. The summed E-state index contributed by atoms with van der Waals surface area (Å²) in [6, 6.07) is 7.55. The molecule has 2 aromatic rings. The Morgan fingerprint density at radius 2 is 2.10 bits per heavy atom. The Morgan fingerprint density at radius 3 is 2.75 bits per heavy atom. The van der Waals surface area contributed by atoms with E-state index in [9.17, 15) is 19.3 Å². The van der Waals surface area contributed by atoms with Crippen molar-refractivity contribution in [3.8, 4) is 0 Å². The molecule has 0 unspecified atom stereocenters. The molecule has 0 spiro atoms. The van der Waals surface area contributed by atoms with Gasteiger partial charge >= 0.3 is 0 Å². The summed E-state index contributed by atoms with van der Waals surface area (Å²) in [6.07, 6.45) is 0. The average Bonchev–Trinajstić information content (AvgIpc) is 2.37. The van der Waals surface area contributed by atoms with Crippen molar-refractivity contribution < 1.29 is 14.1 Å². The lowest BCUT2D eigenvalue weighted by Gasteiger charge is -2.05. The standard InChI is InChI=1S/C12H7BrFN3O3/c13-11-3-1-2-10(16-11)12(18)15-8-4-7(14)5-9(6-8)17(19)20/h1-6H,(H,15,18). The number of nitrogens with one attached hydrogen (secondary N) is 1. The molecule has 1 N–H and O–H groups in total. The zero-order valence-corrected chi connectivity index (χ0v) is 11.4. The third-order valence-electron chi connectivity index (χ3n) is 2.30. The summed E-state index contributed by atoms with van der Waals surface area (Å²) in [7, 11) is 0. The van der Waals surface area contributed by atoms with Crippen LogP contribution in [0.3, 0.4) is 0 Å². The number of nitro groups is 1. The number of carbonyl (C=O) groups is 1. The number of hydrogen-bond acceptors (Lipinski definition) is 4. The Labute approximate surface area is 120 Å². The van der Waals surface area contributed by atoms with Crippen LogP contribution in [0.5, 0.6) is 0 Å². The van der Waals surface area contributed by atoms with Gasteiger partial charge in [0.15, 0.2) is 0 Å². The monoisotopic (exact) mass is 339 g/mol. The van der Waals surface area contributed by atoms with Gasteiger partial charge < -0.3 is 5.32 Å². The van der Waals surface area contributed by atoms with Crippen LogP contribution in [0.25, 0.3) is 0 Å². The van der Waals surface area contributed by atoms with Crippen molar-refractivity contribution in [1.82, 2.24) is 4.98 Å². The van der Waals surface area contributed by atoms with Gasteiger partial charge in [-0.05, 0) is 34.1 Å². The minimum Gasteiger partial charge on any atom is -0.320 e. The predicted molar refractivity (Wildman–Crippen MR) is 72.9 cm³/mol. The first kappa shape index (κ1) is 14.1. The highest BCUT2D eigenvalue weighted by Gasteiger charge is 2.13. The third kappa shape index (κ3) is 3.35. The number of benzene rings is 1. The van der Waals surface area contributed by atoms with E-state index in [1.165, 1.54) is 6.07 Å². The minimum absolute atomic E-state index is 0.0107. The van der Waals surface area contributed by atoms with Crippen molar-refractivity contribution in [3.05, 3.63) is 62.6 Å². The summed E-state index contributed by atoms with van der Waals surface area (Å²) in [5, 5.41) is 13.0. The molecular formula is C12H7BrFN3O3. The quantitative estimate of drug-likeness (QED) is 0.528. The largest absolute Gasteiger partial charge is 0.320 e. The molecule has 0 saturated carbocycles. The zero-order chi connectivity index (χ0) is 14.7. The fourth-order valence-electron chi connectivity index (χ4n) is 1.48. The number of anilines is 1. The lowest BCUT2D eigenvalue weighted by Crippen LogP contribution is -2.14. The number of non-ortho nitro benzene ring substituents is 1. The molecular weight excluding hydrogens is 333 g/mol. The Balaban J connectivity index is 2.26. The highest BCUT2D eigenvalue weighted by molar-refractivity contribution is 9.10. The van der Waals surface area contributed by atoms with Crippen LogP contribution in [-0.2, 0) is 0 Å². The Kier molecular flexibility index (Phi) is 4.04. The van der Waals surface area contributed by atoms with Crippen LogP contribution < -0.4 is 5.32 Å². The molecule has 1 amide bonds. The Morgan fingerprint density at radius 1 is 1.35 bits per heavy atom. The fraction of sp³-hybridized carbons (Fsp3) is 0. The number of rotatable bonds is 3. The molecule has 1 aromatic carbocycles. The van der Waals surface area contributed by atoms with Gasteiger partial charge in [0.25, 0.3) is 11.6 Å². The molecule has 6 nitrogen and oxygen atoms in total. The van der Waals surface area contributed by atoms with Crippen molar-refractivity contribution in [1.29, 1.82) is 0 Å². The van der Waals surface area contributed by atoms with Crippen LogP contribution in [0.2, 0.25) is 0 Å². The van der Waals surface area contributed by atoms with Crippen molar-refractivity contribution in [3.63, 3.8) is 0 Å². The molecule has 1 heterocycles. The number of halogens is 2. The first-order valence-corrected chi connectivity index (χ1v) is 6.14. The van der Waals surface area contributed by atoms with Gasteiger partial charge in [0.2, 0.25) is 0 Å². The molecule has 0 aliphatic heterocycles. The molecule has 0 aliphatic rings. The first-order valence-electron chi connectivity index (χ1n) is 5.34. The van der Waals surface area contributed by atoms with E-state index in [0.717, 1.165) is 18.2 Å². The number of carbonyl (C=O) groups excluding carboxylic acids is 1. The van der Waals surface area contributed by atoms with Gasteiger partial charge in [0.05, 0.1) is 16.7 Å². The van der Waals surface area contributed by atoms with Crippen molar-refractivity contribution >= 4 is 33.2 Å². The van der Waals surface area contributed by atoms with Gasteiger partial charge in [-0.3, -0.25) is 14.9 Å². The fourth-order valence-corrected chi connectivity index (χ4v) is 1.83. The summed E-state index contributed by atoms with van der Waals surface area (Å²) in [5.74, 6) is -1.40. The van der Waals surface area contributed by atoms with Crippen molar-refractivity contribution in [2.24, 2.45) is 0 Å². The molecule has 2 rings (SSSR count). The maximum atomic E-state index is 13.2. The minimum atomic E-state index is -0.809. The van der Waals surface area contributed by atoms with Crippen LogP contribution in [0.15, 0.2) is 41.0 Å². The van der Waals surface area contributed by atoms with E-state index >= 15 is 0 Å². The van der Waals surface area contributed by atoms with Gasteiger partial charge in [-0.1, -0.05) is 6.07 Å². The molecule has 8 heteroatoms. The van der Waals surface area contributed by atoms with Crippen LogP contribution in [0.4, 0.5) is 15.8 Å². The second-order valence-electron chi connectivity index (χ2n) is 3.75. The van der Waals surface area contributed by atoms with E-state index in [1.807, 2.05) is 0 Å². The maximum absolute atomic E-state index is 13.2. The third-order valence-corrected chi connectivity index (χ3v) is 2.74. The number of amides is 1. The van der Waals surface area contributed by atoms with E-state index in [2.05, 4.69) is 26.2 Å². The van der Waals surface area contributed by atoms with E-state index < -0.39 is 22.3 Å². The average molecular weight is 340 g/mol.